The number of nitrogens with zero attached hydrogens (tertiary/aromatic N) is 4. The van der Waals surface area contributed by atoms with Crippen LogP contribution in [0.1, 0.15) is 27.4 Å². The van der Waals surface area contributed by atoms with Crippen molar-refractivity contribution in [1.29, 1.82) is 0 Å². The molecule has 0 saturated carbocycles. The highest BCUT2D eigenvalue weighted by Gasteiger charge is 2.33. The number of aromatic nitrogens is 2. The third-order valence-electron chi connectivity index (χ3n) is 5.78. The SMILES string of the molecule is COC(=O)c1cnc(-c2ccc(Cl)cc2)nc1N1CC(c2ccccc2)C(c2ccc(Cl)cc2)=N1. The van der Waals surface area contributed by atoms with Gasteiger partial charge in [-0.3, -0.25) is 0 Å². The van der Waals surface area contributed by atoms with Gasteiger partial charge in [0, 0.05) is 27.7 Å². The minimum absolute atomic E-state index is 0.0446. The second kappa shape index (κ2) is 9.86. The average Bonchev–Trinajstić information content (AvgIpc) is 3.35. The number of hydrogen-bond acceptors (Lipinski definition) is 6. The van der Waals surface area contributed by atoms with E-state index in [-0.39, 0.29) is 11.5 Å². The molecule has 8 heteroatoms. The number of rotatable bonds is 5. The Morgan fingerprint density at radius 2 is 1.54 bits per heavy atom. The van der Waals surface area contributed by atoms with Crippen molar-refractivity contribution >= 4 is 40.7 Å². The molecular formula is C27H20Cl2N4O2. The van der Waals surface area contributed by atoms with E-state index in [1.54, 1.807) is 17.1 Å². The van der Waals surface area contributed by atoms with Gasteiger partial charge in [-0.05, 0) is 47.5 Å². The number of anilines is 1. The van der Waals surface area contributed by atoms with E-state index >= 15 is 0 Å². The van der Waals surface area contributed by atoms with E-state index in [1.807, 2.05) is 54.6 Å². The fourth-order valence-corrected chi connectivity index (χ4v) is 4.28. The fourth-order valence-electron chi connectivity index (χ4n) is 4.02. The molecular weight excluding hydrogens is 483 g/mol. The molecule has 6 nitrogen and oxygen atoms in total. The highest BCUT2D eigenvalue weighted by atomic mass is 35.5. The zero-order valence-electron chi connectivity index (χ0n) is 18.7. The van der Waals surface area contributed by atoms with Gasteiger partial charge < -0.3 is 4.74 Å². The van der Waals surface area contributed by atoms with Crippen LogP contribution in [-0.4, -0.2) is 35.3 Å². The molecule has 35 heavy (non-hydrogen) atoms. The molecule has 0 N–H and O–H groups in total. The molecule has 0 fully saturated rings. The van der Waals surface area contributed by atoms with Crippen LogP contribution in [-0.2, 0) is 4.74 Å². The first-order valence-corrected chi connectivity index (χ1v) is 11.7. The Labute approximate surface area is 212 Å². The molecule has 1 aromatic heterocycles. The summed E-state index contributed by atoms with van der Waals surface area (Å²) >= 11 is 12.2. The second-order valence-corrected chi connectivity index (χ2v) is 8.84. The number of esters is 1. The molecule has 0 aliphatic carbocycles. The van der Waals surface area contributed by atoms with Crippen molar-refractivity contribution in [2.24, 2.45) is 5.10 Å². The summed E-state index contributed by atoms with van der Waals surface area (Å²) in [7, 11) is 1.33. The van der Waals surface area contributed by atoms with Crippen LogP contribution in [0.3, 0.4) is 0 Å². The maximum absolute atomic E-state index is 12.6. The van der Waals surface area contributed by atoms with Crippen LogP contribution >= 0.6 is 23.2 Å². The normalized spacial score (nSPS) is 15.1. The maximum Gasteiger partial charge on any atom is 0.343 e. The lowest BCUT2D eigenvalue weighted by atomic mass is 9.91. The predicted molar refractivity (Wildman–Crippen MR) is 138 cm³/mol. The second-order valence-electron chi connectivity index (χ2n) is 7.97. The number of benzene rings is 3. The van der Waals surface area contributed by atoms with Gasteiger partial charge in [0.2, 0.25) is 0 Å². The zero-order valence-corrected chi connectivity index (χ0v) is 20.2. The van der Waals surface area contributed by atoms with Gasteiger partial charge in [0.25, 0.3) is 0 Å². The summed E-state index contributed by atoms with van der Waals surface area (Å²) in [5.41, 5.74) is 3.91. The molecule has 0 radical (unpaired) electrons. The summed E-state index contributed by atoms with van der Waals surface area (Å²) < 4.78 is 5.01. The van der Waals surface area contributed by atoms with Crippen LogP contribution in [0.25, 0.3) is 11.4 Å². The van der Waals surface area contributed by atoms with E-state index < -0.39 is 5.97 Å². The van der Waals surface area contributed by atoms with E-state index in [4.69, 9.17) is 38.0 Å². The summed E-state index contributed by atoms with van der Waals surface area (Å²) in [6, 6.07) is 24.9. The standard InChI is InChI=1S/C27H20Cl2N4O2/c1-35-27(34)22-15-30-25(19-9-13-21(29)14-10-19)31-26(22)33-16-23(17-5-3-2-4-6-17)24(32-33)18-7-11-20(28)12-8-18/h2-15,23H,16H2,1H3. The monoisotopic (exact) mass is 502 g/mol. The van der Waals surface area contributed by atoms with Crippen LogP contribution in [0.15, 0.2) is 90.2 Å². The smallest absolute Gasteiger partial charge is 0.343 e. The van der Waals surface area contributed by atoms with Gasteiger partial charge in [0.15, 0.2) is 11.6 Å². The average molecular weight is 503 g/mol. The van der Waals surface area contributed by atoms with Gasteiger partial charge in [-0.15, -0.1) is 0 Å². The third-order valence-corrected chi connectivity index (χ3v) is 6.28. The highest BCUT2D eigenvalue weighted by molar-refractivity contribution is 6.31. The molecule has 0 spiro atoms. The maximum atomic E-state index is 12.6. The predicted octanol–water partition coefficient (Wildman–Crippen LogP) is 6.25. The number of carbonyl (C=O) groups excluding carboxylic acids is 1. The Morgan fingerprint density at radius 1 is 0.914 bits per heavy atom. The quantitative estimate of drug-likeness (QED) is 0.302. The molecule has 1 aliphatic rings. The van der Waals surface area contributed by atoms with Crippen molar-refractivity contribution in [3.8, 4) is 11.4 Å². The summed E-state index contributed by atoms with van der Waals surface area (Å²) in [4.78, 5) is 21.8. The molecule has 1 unspecified atom stereocenters. The first kappa shape index (κ1) is 23.0. The summed E-state index contributed by atoms with van der Waals surface area (Å²) in [5.74, 6) is 0.253. The van der Waals surface area contributed by atoms with Crippen LogP contribution in [0.2, 0.25) is 10.0 Å². The zero-order chi connectivity index (χ0) is 24.4. The molecule has 0 amide bonds. The minimum Gasteiger partial charge on any atom is -0.465 e. The van der Waals surface area contributed by atoms with Crippen LogP contribution in [0.4, 0.5) is 5.82 Å². The summed E-state index contributed by atoms with van der Waals surface area (Å²) in [6.45, 7) is 0.489. The van der Waals surface area contributed by atoms with Crippen LogP contribution < -0.4 is 5.01 Å². The molecule has 174 valence electrons. The Bertz CT molecular complexity index is 1390. The number of hydrogen-bond donors (Lipinski definition) is 0. The Hall–Kier alpha value is -3.74. The molecule has 0 saturated heterocycles. The number of methoxy groups -OCH3 is 1. The number of carbonyl (C=O) groups is 1. The van der Waals surface area contributed by atoms with Gasteiger partial charge in [0.05, 0.1) is 19.4 Å². The van der Waals surface area contributed by atoms with Gasteiger partial charge in [-0.1, -0.05) is 65.7 Å². The van der Waals surface area contributed by atoms with Crippen molar-refractivity contribution in [2.45, 2.75) is 5.92 Å². The van der Waals surface area contributed by atoms with E-state index in [1.165, 1.54) is 13.3 Å². The van der Waals surface area contributed by atoms with Gasteiger partial charge >= 0.3 is 5.97 Å². The van der Waals surface area contributed by atoms with Crippen molar-refractivity contribution < 1.29 is 9.53 Å². The first-order chi connectivity index (χ1) is 17.0. The van der Waals surface area contributed by atoms with E-state index in [2.05, 4.69) is 17.1 Å². The lowest BCUT2D eigenvalue weighted by Crippen LogP contribution is -2.22. The largest absolute Gasteiger partial charge is 0.465 e. The first-order valence-electron chi connectivity index (χ1n) is 10.9. The minimum atomic E-state index is -0.533. The lowest BCUT2D eigenvalue weighted by molar-refractivity contribution is 0.0600. The summed E-state index contributed by atoms with van der Waals surface area (Å²) in [6.07, 6.45) is 1.48. The molecule has 3 aromatic carbocycles. The molecule has 1 atom stereocenters. The van der Waals surface area contributed by atoms with E-state index in [0.29, 0.717) is 28.2 Å². The summed E-state index contributed by atoms with van der Waals surface area (Å²) in [5, 5.41) is 7.94. The fraction of sp³-hybridized carbons (Fsp3) is 0.111. The third kappa shape index (κ3) is 4.76. The van der Waals surface area contributed by atoms with Crippen molar-refractivity contribution in [1.82, 2.24) is 9.97 Å². The van der Waals surface area contributed by atoms with E-state index in [9.17, 15) is 4.79 Å². The molecule has 2 heterocycles. The van der Waals surface area contributed by atoms with E-state index in [0.717, 1.165) is 22.4 Å². The van der Waals surface area contributed by atoms with Crippen molar-refractivity contribution in [2.75, 3.05) is 18.7 Å². The van der Waals surface area contributed by atoms with Crippen molar-refractivity contribution in [3.05, 3.63) is 112 Å². The van der Waals surface area contributed by atoms with Crippen molar-refractivity contribution in [3.63, 3.8) is 0 Å². The molecule has 0 bridgehead atoms. The lowest BCUT2D eigenvalue weighted by Gasteiger charge is -2.18. The topological polar surface area (TPSA) is 67.7 Å². The number of ether oxygens (including phenoxy) is 1. The Morgan fingerprint density at radius 3 is 2.17 bits per heavy atom. The van der Waals surface area contributed by atoms with Crippen LogP contribution in [0, 0.1) is 0 Å². The molecule has 1 aliphatic heterocycles. The van der Waals surface area contributed by atoms with Gasteiger partial charge in [-0.25, -0.2) is 19.8 Å². The molecule has 4 aromatic rings. The van der Waals surface area contributed by atoms with Gasteiger partial charge in [0.1, 0.15) is 5.56 Å². The van der Waals surface area contributed by atoms with Crippen LogP contribution in [0.5, 0.6) is 0 Å². The Kier molecular flexibility index (Phi) is 6.49. The number of hydrazone groups is 1. The highest BCUT2D eigenvalue weighted by Crippen LogP contribution is 2.34. The molecule has 5 rings (SSSR count). The number of halogens is 2. The van der Waals surface area contributed by atoms with Gasteiger partial charge in [-0.2, -0.15) is 5.10 Å². The Balaban J connectivity index is 1.62.